The molecule has 2 aliphatic rings. The normalized spacial score (nSPS) is 19.3. The molecule has 1 spiro atoms. The van der Waals surface area contributed by atoms with E-state index in [1.165, 1.54) is 0 Å². The van der Waals surface area contributed by atoms with Crippen LogP contribution in [0.5, 0.6) is 0 Å². The first-order valence-electron chi connectivity index (χ1n) is 8.23. The number of nitrogens with one attached hydrogen (secondary N) is 1. The highest BCUT2D eigenvalue weighted by molar-refractivity contribution is 6.08. The number of benzene rings is 1. The molecule has 1 N–H and O–H groups in total. The first-order chi connectivity index (χ1) is 11.2. The molecular weight excluding hydrogens is 308 g/mol. The highest BCUT2D eigenvalue weighted by atomic mass is 16.6. The van der Waals surface area contributed by atoms with E-state index in [0.717, 1.165) is 11.3 Å². The number of likely N-dealkylation sites (N-methyl/N-ethyl adjacent to an activating group) is 1. The van der Waals surface area contributed by atoms with Gasteiger partial charge in [-0.15, -0.1) is 0 Å². The molecule has 2 amide bonds. The van der Waals surface area contributed by atoms with Crippen molar-refractivity contribution >= 4 is 23.4 Å². The molecular formula is C18H24N2O4. The molecule has 2 aliphatic heterocycles. The Bertz CT molecular complexity index is 672. The first kappa shape index (κ1) is 16.8. The van der Waals surface area contributed by atoms with Gasteiger partial charge in [0.25, 0.3) is 0 Å². The summed E-state index contributed by atoms with van der Waals surface area (Å²) in [7, 11) is 1.78. The zero-order valence-electron chi connectivity index (χ0n) is 14.6. The second kappa shape index (κ2) is 5.77. The topological polar surface area (TPSA) is 67.9 Å². The molecule has 1 saturated heterocycles. The molecule has 1 aromatic carbocycles. The summed E-state index contributed by atoms with van der Waals surface area (Å²) in [6.45, 7) is 6.64. The molecule has 2 heterocycles. The maximum absolute atomic E-state index is 12.8. The van der Waals surface area contributed by atoms with Gasteiger partial charge in [0, 0.05) is 31.6 Å². The average molecular weight is 332 g/mol. The van der Waals surface area contributed by atoms with Gasteiger partial charge in [0.1, 0.15) is 5.60 Å². The monoisotopic (exact) mass is 332 g/mol. The smallest absolute Gasteiger partial charge is 0.412 e. The van der Waals surface area contributed by atoms with E-state index in [-0.39, 0.29) is 5.91 Å². The Morgan fingerprint density at radius 1 is 1.29 bits per heavy atom. The maximum Gasteiger partial charge on any atom is 0.412 e. The molecule has 0 radical (unpaired) electrons. The number of anilines is 2. The van der Waals surface area contributed by atoms with Gasteiger partial charge in [-0.1, -0.05) is 6.07 Å². The SMILES string of the molecule is CN1C(=O)C2(CCOCC2)c2ccc(NC(=O)OC(C)(C)C)cc21. The third kappa shape index (κ3) is 2.86. The van der Waals surface area contributed by atoms with Crippen LogP contribution in [0.4, 0.5) is 16.2 Å². The van der Waals surface area contributed by atoms with Gasteiger partial charge in [0.05, 0.1) is 5.41 Å². The van der Waals surface area contributed by atoms with Gasteiger partial charge >= 0.3 is 6.09 Å². The van der Waals surface area contributed by atoms with Gasteiger partial charge in [-0.2, -0.15) is 0 Å². The van der Waals surface area contributed by atoms with Crippen LogP contribution in [0.1, 0.15) is 39.2 Å². The third-order valence-corrected chi connectivity index (χ3v) is 4.58. The molecule has 24 heavy (non-hydrogen) atoms. The van der Waals surface area contributed by atoms with Crippen molar-refractivity contribution in [1.82, 2.24) is 0 Å². The first-order valence-corrected chi connectivity index (χ1v) is 8.23. The Hall–Kier alpha value is -2.08. The Labute approximate surface area is 142 Å². The number of hydrogen-bond donors (Lipinski definition) is 1. The van der Waals surface area contributed by atoms with Gasteiger partial charge in [-0.3, -0.25) is 10.1 Å². The minimum Gasteiger partial charge on any atom is -0.444 e. The second-order valence-electron chi connectivity index (χ2n) is 7.42. The van der Waals surface area contributed by atoms with Gasteiger partial charge in [0.2, 0.25) is 5.91 Å². The fourth-order valence-corrected chi connectivity index (χ4v) is 3.46. The van der Waals surface area contributed by atoms with E-state index in [4.69, 9.17) is 9.47 Å². The van der Waals surface area contributed by atoms with E-state index in [2.05, 4.69) is 5.32 Å². The summed E-state index contributed by atoms with van der Waals surface area (Å²) < 4.78 is 10.7. The maximum atomic E-state index is 12.8. The lowest BCUT2D eigenvalue weighted by molar-refractivity contribution is -0.126. The summed E-state index contributed by atoms with van der Waals surface area (Å²) >= 11 is 0. The summed E-state index contributed by atoms with van der Waals surface area (Å²) in [5, 5.41) is 2.73. The van der Waals surface area contributed by atoms with E-state index in [1.54, 1.807) is 11.9 Å². The van der Waals surface area contributed by atoms with Crippen LogP contribution in [0, 0.1) is 0 Å². The number of ether oxygens (including phenoxy) is 2. The predicted molar refractivity (Wildman–Crippen MR) is 91.4 cm³/mol. The van der Waals surface area contributed by atoms with Crippen LogP contribution >= 0.6 is 0 Å². The van der Waals surface area contributed by atoms with Crippen molar-refractivity contribution in [3.8, 4) is 0 Å². The average Bonchev–Trinajstić information content (AvgIpc) is 2.69. The molecule has 0 aliphatic carbocycles. The lowest BCUT2D eigenvalue weighted by Crippen LogP contribution is -2.42. The molecule has 0 saturated carbocycles. The number of amides is 2. The van der Waals surface area contributed by atoms with Crippen LogP contribution in [-0.2, 0) is 19.7 Å². The third-order valence-electron chi connectivity index (χ3n) is 4.58. The number of fused-ring (bicyclic) bond motifs is 2. The highest BCUT2D eigenvalue weighted by Gasteiger charge is 2.50. The molecule has 130 valence electrons. The van der Waals surface area contributed by atoms with Crippen molar-refractivity contribution < 1.29 is 19.1 Å². The van der Waals surface area contributed by atoms with Gasteiger partial charge < -0.3 is 14.4 Å². The van der Waals surface area contributed by atoms with Crippen molar-refractivity contribution in [1.29, 1.82) is 0 Å². The van der Waals surface area contributed by atoms with Crippen molar-refractivity contribution in [3.63, 3.8) is 0 Å². The van der Waals surface area contributed by atoms with Crippen molar-refractivity contribution in [2.45, 2.75) is 44.6 Å². The number of carbonyl (C=O) groups excluding carboxylic acids is 2. The predicted octanol–water partition coefficient (Wildman–Crippen LogP) is 3.06. The van der Waals surface area contributed by atoms with Crippen LogP contribution in [0.15, 0.2) is 18.2 Å². The fourth-order valence-electron chi connectivity index (χ4n) is 3.46. The molecule has 3 rings (SSSR count). The molecule has 0 atom stereocenters. The number of carbonyl (C=O) groups is 2. The summed E-state index contributed by atoms with van der Waals surface area (Å²) in [5.41, 5.74) is 1.45. The zero-order chi connectivity index (χ0) is 17.5. The van der Waals surface area contributed by atoms with Gasteiger partial charge in [-0.25, -0.2) is 4.79 Å². The Morgan fingerprint density at radius 3 is 2.58 bits per heavy atom. The van der Waals surface area contributed by atoms with Crippen molar-refractivity contribution in [3.05, 3.63) is 23.8 Å². The molecule has 0 unspecified atom stereocenters. The van der Waals surface area contributed by atoms with Gasteiger partial charge in [0.15, 0.2) is 0 Å². The van der Waals surface area contributed by atoms with Crippen molar-refractivity contribution in [2.24, 2.45) is 0 Å². The number of hydrogen-bond acceptors (Lipinski definition) is 4. The van der Waals surface area contributed by atoms with Crippen LogP contribution in [0.25, 0.3) is 0 Å². The summed E-state index contributed by atoms with van der Waals surface area (Å²) in [5.74, 6) is 0.107. The Morgan fingerprint density at radius 2 is 1.96 bits per heavy atom. The Kier molecular flexibility index (Phi) is 4.03. The minimum atomic E-state index is -0.556. The summed E-state index contributed by atoms with van der Waals surface area (Å²) in [4.78, 5) is 26.4. The van der Waals surface area contributed by atoms with Crippen LogP contribution in [-0.4, -0.2) is 37.9 Å². The van der Waals surface area contributed by atoms with Gasteiger partial charge in [-0.05, 0) is 51.3 Å². The molecule has 1 aromatic rings. The second-order valence-corrected chi connectivity index (χ2v) is 7.42. The van der Waals surface area contributed by atoms with E-state index in [9.17, 15) is 9.59 Å². The number of rotatable bonds is 1. The summed E-state index contributed by atoms with van der Waals surface area (Å²) in [6, 6.07) is 5.60. The van der Waals surface area contributed by atoms with Crippen LogP contribution in [0.2, 0.25) is 0 Å². The standard InChI is InChI=1S/C18H24N2O4/c1-17(2,3)24-16(22)19-12-5-6-13-14(11-12)20(4)15(21)18(13)7-9-23-10-8-18/h5-6,11H,7-10H2,1-4H3,(H,19,22). The molecule has 0 aromatic heterocycles. The number of nitrogens with zero attached hydrogens (tertiary/aromatic N) is 1. The largest absolute Gasteiger partial charge is 0.444 e. The highest BCUT2D eigenvalue weighted by Crippen LogP contribution is 2.47. The van der Waals surface area contributed by atoms with E-state index < -0.39 is 17.1 Å². The zero-order valence-corrected chi connectivity index (χ0v) is 14.6. The van der Waals surface area contributed by atoms with Crippen LogP contribution in [0.3, 0.4) is 0 Å². The summed E-state index contributed by atoms with van der Waals surface area (Å²) in [6.07, 6.45) is 0.888. The van der Waals surface area contributed by atoms with Crippen molar-refractivity contribution in [2.75, 3.05) is 30.5 Å². The lowest BCUT2D eigenvalue weighted by atomic mass is 9.75. The van der Waals surface area contributed by atoms with E-state index in [0.29, 0.717) is 31.7 Å². The lowest BCUT2D eigenvalue weighted by Gasteiger charge is -2.32. The van der Waals surface area contributed by atoms with E-state index >= 15 is 0 Å². The molecule has 0 bridgehead atoms. The molecule has 1 fully saturated rings. The Balaban J connectivity index is 1.87. The molecule has 6 nitrogen and oxygen atoms in total. The fraction of sp³-hybridized carbons (Fsp3) is 0.556. The van der Waals surface area contributed by atoms with Crippen LogP contribution < -0.4 is 10.2 Å². The van der Waals surface area contributed by atoms with E-state index in [1.807, 2.05) is 39.0 Å². The minimum absolute atomic E-state index is 0.107. The molecule has 6 heteroatoms. The quantitative estimate of drug-likeness (QED) is 0.858.